The molecule has 16 fully saturated rings. The van der Waals surface area contributed by atoms with E-state index in [1.54, 1.807) is 52.9 Å². The van der Waals surface area contributed by atoms with Gasteiger partial charge in [0.15, 0.2) is 49.8 Å². The third-order valence-electron chi connectivity index (χ3n) is 26.4. The normalized spacial score (nSPS) is 39.0. The largest absolute Gasteiger partial charge is 0.541 e. The number of rotatable bonds is 40. The molecule has 16 rings (SSSR count). The van der Waals surface area contributed by atoms with Gasteiger partial charge in [-0.3, -0.25) is 119 Å². The number of nitrogens with one attached hydrogen (secondary N) is 8. The fourth-order valence-corrected chi connectivity index (χ4v) is 19.9. The fourth-order valence-electron chi connectivity index (χ4n) is 19.9. The third kappa shape index (κ3) is 30.1. The summed E-state index contributed by atoms with van der Waals surface area (Å²) in [5.74, 6) is 2.89. The molecular formula is C80H112N8O40Y8-8. The van der Waals surface area contributed by atoms with E-state index < -0.39 is 94.6 Å². The van der Waals surface area contributed by atoms with Crippen LogP contribution in [0, 0.1) is 148 Å². The number of carbonyl (C=O) groups excluding carboxylic acids is 16. The molecule has 32 atom stereocenters. The van der Waals surface area contributed by atoms with Gasteiger partial charge in [-0.2, -0.15) is 0 Å². The van der Waals surface area contributed by atoms with Gasteiger partial charge in [0.2, 0.25) is 0 Å². The smallest absolute Gasteiger partial charge is 0.294 e. The summed E-state index contributed by atoms with van der Waals surface area (Å²) in [7, 11) is 0. The van der Waals surface area contributed by atoms with Crippen LogP contribution in [0.15, 0.2) is 0 Å². The third-order valence-corrected chi connectivity index (χ3v) is 26.4. The maximum Gasteiger partial charge on any atom is 0.294 e. The van der Waals surface area contributed by atoms with Crippen molar-refractivity contribution in [1.29, 1.82) is 0 Å². The van der Waals surface area contributed by atoms with Crippen molar-refractivity contribution in [3.63, 3.8) is 0 Å². The van der Waals surface area contributed by atoms with Crippen LogP contribution in [0.4, 0.5) is 0 Å². The molecule has 0 amide bonds. The maximum atomic E-state index is 10.4. The molecule has 744 valence electrons. The van der Waals surface area contributed by atoms with Crippen molar-refractivity contribution in [2.24, 2.45) is 94.7 Å². The SMILES string of the molecule is C[C@@H]1[CH-]O[C@@]2(COC=O)[C@H](OC=O)NC[C@@H]12.C[C@@H]1[CH-]O[C@]2(COC=O)[C@@H](OC=O)NC[C@@H]12.C[C@@H]1[CH-]O[C@]2(COC=O)[C@@H](OC=O)NC[C@H]12.C[C@@H]1[CH-]O[C@]2(COC=O)[C@@H]1CN[C@H]2OC=O.C[C@H]1[CH-]O[C@@]2(COC=O)[C@H](OC=O)NC[C@@H]12.C[C@H]1[CH-]O[C@]2(COC=O)[C@@H](OC=O)NC[C@@H]12.C[C@H]1[CH-]O[C@]2(COC=O)[C@@H](OC=O)NC[C@H]12.C[C@H]1[CH-]O[C@]2(COC=O)[C@@H]1CN[C@H]2OC=O.[Y].[Y].[Y].[Y].[Y].[Y].[Y].[Y]. The van der Waals surface area contributed by atoms with Crippen LogP contribution >= 0.6 is 0 Å². The Labute approximate surface area is 987 Å². The van der Waals surface area contributed by atoms with Gasteiger partial charge >= 0.3 is 0 Å². The molecule has 16 aliphatic rings. The van der Waals surface area contributed by atoms with Gasteiger partial charge in [0.1, 0.15) is 97.7 Å². The van der Waals surface area contributed by atoms with E-state index in [1.165, 1.54) is 0 Å². The minimum Gasteiger partial charge on any atom is -0.541 e. The molecule has 16 saturated heterocycles. The Balaban J connectivity index is 0.000000771. The molecular weight excluding hydrogens is 2420 g/mol. The predicted molar refractivity (Wildman–Crippen MR) is 414 cm³/mol. The number of carbonyl (C=O) groups is 16. The van der Waals surface area contributed by atoms with Crippen molar-refractivity contribution >= 4 is 104 Å². The minimum absolute atomic E-state index is 0. The Morgan fingerprint density at radius 2 is 0.287 bits per heavy atom. The first-order valence-electron chi connectivity index (χ1n) is 41.1. The van der Waals surface area contributed by atoms with Crippen LogP contribution in [0.25, 0.3) is 0 Å². The molecule has 0 spiro atoms. The van der Waals surface area contributed by atoms with Gasteiger partial charge in [0.25, 0.3) is 104 Å². The van der Waals surface area contributed by atoms with Crippen molar-refractivity contribution in [2.45, 2.75) is 150 Å². The Kier molecular flexibility index (Phi) is 64.4. The van der Waals surface area contributed by atoms with E-state index in [9.17, 15) is 76.7 Å². The summed E-state index contributed by atoms with van der Waals surface area (Å²) >= 11 is 0. The van der Waals surface area contributed by atoms with Gasteiger partial charge < -0.3 is 114 Å². The van der Waals surface area contributed by atoms with Crippen molar-refractivity contribution in [2.75, 3.05) is 105 Å². The number of ether oxygens (including phenoxy) is 24. The second-order valence-electron chi connectivity index (χ2n) is 32.8. The summed E-state index contributed by atoms with van der Waals surface area (Å²) in [5, 5.41) is 24.4. The van der Waals surface area contributed by atoms with Gasteiger partial charge in [-0.15, -0.1) is 47.3 Å². The van der Waals surface area contributed by atoms with Crippen molar-refractivity contribution in [3.8, 4) is 0 Å². The van der Waals surface area contributed by atoms with Crippen molar-refractivity contribution in [1.82, 2.24) is 42.5 Å². The van der Waals surface area contributed by atoms with Gasteiger partial charge in [-0.25, -0.2) is 52.9 Å². The molecule has 16 aliphatic heterocycles. The van der Waals surface area contributed by atoms with Gasteiger partial charge in [0.05, 0.1) is 0 Å². The molecule has 0 bridgehead atoms. The molecule has 0 aliphatic carbocycles. The van der Waals surface area contributed by atoms with E-state index in [-0.39, 0.29) is 409 Å². The molecule has 8 radical (unpaired) electrons. The summed E-state index contributed by atoms with van der Waals surface area (Å²) < 4.78 is 122. The first kappa shape index (κ1) is 134. The van der Waals surface area contributed by atoms with E-state index in [0.717, 1.165) is 0 Å². The maximum absolute atomic E-state index is 10.4. The molecule has 0 aromatic rings. The molecule has 8 N–H and O–H groups in total. The standard InChI is InChI=1S/8C10H14NO5.8Y/c8*1-7-3-16-10(4-14-5-12)8(7)2-11-9(10)15-6-13;;;;;;;;/h8*3,5-9,11H,2,4H2,1H3;;;;;;;;/q8*-1;;;;;;;;/t2*7-,8+,9+,10-;2*7-,8+,9-,10+;2*7-,8-,9+,10-;2*7-,8-,9-,10+;;;;;;;;/m10101010......../s1. The first-order valence-corrected chi connectivity index (χ1v) is 41.1. The Bertz CT molecular complexity index is 2990. The summed E-state index contributed by atoms with van der Waals surface area (Å²) in [6.07, 6.45) is -4.58. The van der Waals surface area contributed by atoms with Crippen LogP contribution in [0.2, 0.25) is 0 Å². The van der Waals surface area contributed by atoms with Gasteiger partial charge in [-0.05, 0) is 47.3 Å². The number of hydrogen-bond donors (Lipinski definition) is 8. The summed E-state index contributed by atoms with van der Waals surface area (Å²) in [4.78, 5) is 165. The van der Waals surface area contributed by atoms with Crippen LogP contribution in [-0.2, 0) is 452 Å². The van der Waals surface area contributed by atoms with E-state index in [2.05, 4.69) is 42.5 Å². The molecule has 16 heterocycles. The van der Waals surface area contributed by atoms with Gasteiger partial charge in [-0.1, -0.05) is 55.4 Å². The van der Waals surface area contributed by atoms with Crippen LogP contribution in [-0.4, -0.2) is 303 Å². The Morgan fingerprint density at radius 1 is 0.191 bits per heavy atom. The molecule has 48 nitrogen and oxygen atoms in total. The molecule has 0 aromatic heterocycles. The zero-order chi connectivity index (χ0) is 92.8. The topological polar surface area (TPSA) is 591 Å². The average Bonchev–Trinajstić information content (AvgIpc) is 1.66. The van der Waals surface area contributed by atoms with Crippen molar-refractivity contribution in [3.05, 3.63) is 52.9 Å². The zero-order valence-electron chi connectivity index (χ0n) is 76.0. The second kappa shape index (κ2) is 65.5. The molecule has 0 saturated carbocycles. The van der Waals surface area contributed by atoms with Crippen LogP contribution in [0.1, 0.15) is 55.4 Å². The van der Waals surface area contributed by atoms with E-state index in [1.807, 2.05) is 55.4 Å². The molecule has 0 aromatic carbocycles. The molecule has 56 heteroatoms. The summed E-state index contributed by atoms with van der Waals surface area (Å²) in [5.41, 5.74) is -6.21. The quantitative estimate of drug-likeness (QED) is 0.0163. The second-order valence-corrected chi connectivity index (χ2v) is 32.8. The summed E-state index contributed by atoms with van der Waals surface area (Å²) in [6, 6.07) is 0. The van der Waals surface area contributed by atoms with E-state index in [0.29, 0.717) is 156 Å². The number of fused-ring (bicyclic) bond motifs is 8. The monoisotopic (exact) mass is 2540 g/mol. The average molecular weight is 2540 g/mol. The Hall–Kier alpha value is -0.289. The zero-order valence-corrected chi connectivity index (χ0v) is 98.7. The predicted octanol–water partition coefficient (Wildman–Crippen LogP) is -4.46. The Morgan fingerprint density at radius 3 is 0.368 bits per heavy atom. The van der Waals surface area contributed by atoms with Crippen LogP contribution < -0.4 is 42.5 Å². The molecule has 0 unspecified atom stereocenters. The number of hydrogen-bond acceptors (Lipinski definition) is 48. The molecule has 136 heavy (non-hydrogen) atoms. The van der Waals surface area contributed by atoms with Crippen LogP contribution in [0.3, 0.4) is 0 Å². The first-order chi connectivity index (χ1) is 61.9. The van der Waals surface area contributed by atoms with Crippen molar-refractivity contribution < 1.29 is 452 Å². The van der Waals surface area contributed by atoms with E-state index >= 15 is 0 Å². The van der Waals surface area contributed by atoms with Crippen LogP contribution in [0.5, 0.6) is 0 Å². The van der Waals surface area contributed by atoms with E-state index in [4.69, 9.17) is 114 Å². The minimum atomic E-state index is -0.777. The fraction of sp³-hybridized carbons (Fsp3) is 0.700. The van der Waals surface area contributed by atoms with Gasteiger partial charge in [0, 0.05) is 314 Å². The summed E-state index contributed by atoms with van der Waals surface area (Å²) in [6.45, 7) is 41.6.